The molecule has 0 saturated heterocycles. The summed E-state index contributed by atoms with van der Waals surface area (Å²) in [6, 6.07) is 4.74. The van der Waals surface area contributed by atoms with Gasteiger partial charge >= 0.3 is 5.69 Å². The fraction of sp³-hybridized carbons (Fsp3) is 0.444. The second-order valence-corrected chi connectivity index (χ2v) is 5.79. The number of methoxy groups -OCH3 is 3. The van der Waals surface area contributed by atoms with Crippen molar-refractivity contribution in [2.45, 2.75) is 19.9 Å². The number of carbonyl (C=O) groups excluding carboxylic acids is 1. The SMILES string of the molecule is CCCn1c(=O)c(C(=O)NCCOC)nn(-c2ccc(OC)c(OC)c2)c1=O. The maximum Gasteiger partial charge on any atom is 0.352 e. The lowest BCUT2D eigenvalue weighted by Crippen LogP contribution is -2.46. The minimum absolute atomic E-state index is 0.159. The predicted molar refractivity (Wildman–Crippen MR) is 102 cm³/mol. The molecule has 1 N–H and O–H groups in total. The number of nitrogens with one attached hydrogen (secondary N) is 1. The third kappa shape index (κ3) is 4.39. The topological polar surface area (TPSA) is 114 Å². The van der Waals surface area contributed by atoms with Crippen molar-refractivity contribution in [2.24, 2.45) is 0 Å². The fourth-order valence-electron chi connectivity index (χ4n) is 2.55. The zero-order chi connectivity index (χ0) is 20.7. The highest BCUT2D eigenvalue weighted by molar-refractivity contribution is 5.91. The van der Waals surface area contributed by atoms with E-state index >= 15 is 0 Å². The Morgan fingerprint density at radius 2 is 1.86 bits per heavy atom. The number of aromatic nitrogens is 3. The molecule has 1 aromatic carbocycles. The van der Waals surface area contributed by atoms with Crippen LogP contribution in [0.5, 0.6) is 11.5 Å². The highest BCUT2D eigenvalue weighted by Crippen LogP contribution is 2.28. The summed E-state index contributed by atoms with van der Waals surface area (Å²) in [6.45, 7) is 2.47. The van der Waals surface area contributed by atoms with Gasteiger partial charge in [-0.3, -0.25) is 14.2 Å². The van der Waals surface area contributed by atoms with Crippen molar-refractivity contribution in [1.29, 1.82) is 0 Å². The molecule has 1 amide bonds. The summed E-state index contributed by atoms with van der Waals surface area (Å²) >= 11 is 0. The van der Waals surface area contributed by atoms with Crippen LogP contribution in [0.15, 0.2) is 27.8 Å². The number of hydrogen-bond donors (Lipinski definition) is 1. The predicted octanol–water partition coefficient (Wildman–Crippen LogP) is 0.198. The van der Waals surface area contributed by atoms with Crippen molar-refractivity contribution in [1.82, 2.24) is 19.7 Å². The van der Waals surface area contributed by atoms with E-state index in [1.54, 1.807) is 18.2 Å². The van der Waals surface area contributed by atoms with Gasteiger partial charge in [0, 0.05) is 26.3 Å². The third-order valence-corrected chi connectivity index (χ3v) is 3.93. The van der Waals surface area contributed by atoms with E-state index in [2.05, 4.69) is 10.4 Å². The first-order valence-corrected chi connectivity index (χ1v) is 8.72. The molecule has 0 saturated carbocycles. The van der Waals surface area contributed by atoms with Crippen molar-refractivity contribution < 1.29 is 19.0 Å². The summed E-state index contributed by atoms with van der Waals surface area (Å²) in [6.07, 6.45) is 0.538. The van der Waals surface area contributed by atoms with E-state index in [1.807, 2.05) is 6.92 Å². The average molecular weight is 392 g/mol. The first-order valence-electron chi connectivity index (χ1n) is 8.72. The van der Waals surface area contributed by atoms with Crippen LogP contribution in [0.4, 0.5) is 0 Å². The lowest BCUT2D eigenvalue weighted by molar-refractivity contribution is 0.0927. The second kappa shape index (κ2) is 9.70. The Balaban J connectivity index is 2.62. The molecule has 0 spiro atoms. The zero-order valence-corrected chi connectivity index (χ0v) is 16.4. The summed E-state index contributed by atoms with van der Waals surface area (Å²) in [5.41, 5.74) is -1.43. The van der Waals surface area contributed by atoms with Crippen LogP contribution in [0, 0.1) is 0 Å². The minimum Gasteiger partial charge on any atom is -0.493 e. The van der Waals surface area contributed by atoms with Gasteiger partial charge in [0.1, 0.15) is 0 Å². The molecule has 0 atom stereocenters. The van der Waals surface area contributed by atoms with E-state index in [0.29, 0.717) is 23.6 Å². The normalized spacial score (nSPS) is 10.6. The van der Waals surface area contributed by atoms with Gasteiger partial charge in [-0.25, -0.2) is 4.79 Å². The summed E-state index contributed by atoms with van der Waals surface area (Å²) < 4.78 is 17.3. The largest absolute Gasteiger partial charge is 0.493 e. The van der Waals surface area contributed by atoms with E-state index in [4.69, 9.17) is 14.2 Å². The van der Waals surface area contributed by atoms with Gasteiger partial charge in [-0.1, -0.05) is 6.92 Å². The number of ether oxygens (including phenoxy) is 3. The number of benzene rings is 1. The van der Waals surface area contributed by atoms with Crippen LogP contribution in [-0.2, 0) is 11.3 Å². The molecule has 0 unspecified atom stereocenters. The van der Waals surface area contributed by atoms with Crippen LogP contribution in [0.1, 0.15) is 23.8 Å². The maximum atomic E-state index is 12.8. The number of nitrogens with zero attached hydrogens (tertiary/aromatic N) is 3. The molecule has 0 aliphatic carbocycles. The van der Waals surface area contributed by atoms with E-state index in [0.717, 1.165) is 9.25 Å². The van der Waals surface area contributed by atoms with E-state index in [1.165, 1.54) is 21.3 Å². The van der Waals surface area contributed by atoms with Gasteiger partial charge in [-0.15, -0.1) is 0 Å². The number of rotatable bonds is 9. The molecule has 0 fully saturated rings. The first kappa shape index (κ1) is 21.2. The summed E-state index contributed by atoms with van der Waals surface area (Å²) in [5, 5.41) is 6.57. The average Bonchev–Trinajstić information content (AvgIpc) is 2.70. The maximum absolute atomic E-state index is 12.8. The molecule has 0 radical (unpaired) electrons. The molecule has 0 bridgehead atoms. The Morgan fingerprint density at radius 1 is 1.14 bits per heavy atom. The zero-order valence-electron chi connectivity index (χ0n) is 16.4. The minimum atomic E-state index is -0.738. The van der Waals surface area contributed by atoms with Crippen LogP contribution in [0.25, 0.3) is 5.69 Å². The Hall–Kier alpha value is -3.14. The fourth-order valence-corrected chi connectivity index (χ4v) is 2.55. The Labute approximate surface area is 161 Å². The van der Waals surface area contributed by atoms with Gasteiger partial charge in [0.15, 0.2) is 11.5 Å². The van der Waals surface area contributed by atoms with Gasteiger partial charge in [-0.2, -0.15) is 9.78 Å². The van der Waals surface area contributed by atoms with Gasteiger partial charge < -0.3 is 19.5 Å². The quantitative estimate of drug-likeness (QED) is 0.606. The smallest absolute Gasteiger partial charge is 0.352 e. The molecule has 28 heavy (non-hydrogen) atoms. The summed E-state index contributed by atoms with van der Waals surface area (Å²) in [5.74, 6) is 0.174. The molecule has 152 valence electrons. The number of carbonyl (C=O) groups is 1. The lowest BCUT2D eigenvalue weighted by Gasteiger charge is -2.13. The standard InChI is InChI=1S/C18H24N4O6/c1-5-9-21-17(24)15(16(23)19-8-10-26-2)20-22(18(21)25)12-6-7-13(27-3)14(11-12)28-4/h6-7,11H,5,8-10H2,1-4H3,(H,19,23). The molecule has 2 aromatic rings. The molecule has 10 heteroatoms. The molecule has 2 rings (SSSR count). The van der Waals surface area contributed by atoms with E-state index in [-0.39, 0.29) is 25.4 Å². The molecular formula is C18H24N4O6. The monoisotopic (exact) mass is 392 g/mol. The summed E-state index contributed by atoms with van der Waals surface area (Å²) in [4.78, 5) is 37.8. The highest BCUT2D eigenvalue weighted by atomic mass is 16.5. The molecule has 1 aromatic heterocycles. The molecule has 0 aliphatic heterocycles. The van der Waals surface area contributed by atoms with E-state index in [9.17, 15) is 14.4 Å². The van der Waals surface area contributed by atoms with Crippen LogP contribution < -0.4 is 26.0 Å². The van der Waals surface area contributed by atoms with Gasteiger partial charge in [0.2, 0.25) is 5.69 Å². The Morgan fingerprint density at radius 3 is 2.46 bits per heavy atom. The van der Waals surface area contributed by atoms with Crippen LogP contribution in [0.3, 0.4) is 0 Å². The lowest BCUT2D eigenvalue weighted by atomic mass is 10.2. The van der Waals surface area contributed by atoms with Crippen molar-refractivity contribution in [3.05, 3.63) is 44.7 Å². The Bertz CT molecular complexity index is 950. The third-order valence-electron chi connectivity index (χ3n) is 3.93. The van der Waals surface area contributed by atoms with Crippen LogP contribution in [0.2, 0.25) is 0 Å². The molecule has 0 aliphatic rings. The van der Waals surface area contributed by atoms with E-state index < -0.39 is 17.2 Å². The van der Waals surface area contributed by atoms with Crippen molar-refractivity contribution in [3.63, 3.8) is 0 Å². The second-order valence-electron chi connectivity index (χ2n) is 5.79. The highest BCUT2D eigenvalue weighted by Gasteiger charge is 2.20. The van der Waals surface area contributed by atoms with Gasteiger partial charge in [0.05, 0.1) is 26.5 Å². The molecule has 1 heterocycles. The van der Waals surface area contributed by atoms with Crippen LogP contribution >= 0.6 is 0 Å². The van der Waals surface area contributed by atoms with Crippen molar-refractivity contribution in [3.8, 4) is 17.2 Å². The van der Waals surface area contributed by atoms with Crippen molar-refractivity contribution in [2.75, 3.05) is 34.5 Å². The molecular weight excluding hydrogens is 368 g/mol. The van der Waals surface area contributed by atoms with Crippen molar-refractivity contribution >= 4 is 5.91 Å². The summed E-state index contributed by atoms with van der Waals surface area (Å²) in [7, 11) is 4.45. The number of hydrogen-bond acceptors (Lipinski definition) is 7. The van der Waals surface area contributed by atoms with Gasteiger partial charge in [0.25, 0.3) is 11.5 Å². The first-order chi connectivity index (χ1) is 13.5. The van der Waals surface area contributed by atoms with Crippen LogP contribution in [-0.4, -0.2) is 54.7 Å². The Kier molecular flexibility index (Phi) is 7.33. The number of amides is 1. The van der Waals surface area contributed by atoms with Gasteiger partial charge in [-0.05, 0) is 18.6 Å². The molecule has 10 nitrogen and oxygen atoms in total.